The monoisotopic (exact) mass is 452 g/mol. The molecule has 2 aromatic heterocycles. The van der Waals surface area contributed by atoms with Gasteiger partial charge in [-0.15, -0.1) is 12.4 Å². The number of carbonyl (C=O) groups is 1. The number of carbonyl (C=O) groups excluding carboxylic acids is 1. The predicted molar refractivity (Wildman–Crippen MR) is 127 cm³/mol. The van der Waals surface area contributed by atoms with Gasteiger partial charge in [-0.05, 0) is 42.3 Å². The van der Waals surface area contributed by atoms with Gasteiger partial charge in [0.15, 0.2) is 5.65 Å². The number of pyridine rings is 1. The molecule has 0 spiro atoms. The summed E-state index contributed by atoms with van der Waals surface area (Å²) in [6.45, 7) is 1.18. The fourth-order valence-electron chi connectivity index (χ4n) is 3.38. The van der Waals surface area contributed by atoms with Gasteiger partial charge in [0, 0.05) is 43.1 Å². The number of imidazole rings is 1. The lowest BCUT2D eigenvalue weighted by Gasteiger charge is -2.06. The van der Waals surface area contributed by atoms with E-state index in [1.165, 1.54) is 0 Å². The molecule has 4 rings (SSSR count). The van der Waals surface area contributed by atoms with Gasteiger partial charge in [-0.25, -0.2) is 9.97 Å². The number of aromatic nitrogens is 3. The number of amides is 1. The Kier molecular flexibility index (Phi) is 7.81. The molecule has 0 aliphatic carbocycles. The SMILES string of the molecule is COCCCNC(=O)c1cccc(-c2nc3c(-c4ccc(OC)cc4)ccnc3[nH]2)c1.Cl. The minimum absolute atomic E-state index is 0. The molecule has 0 aliphatic heterocycles. The van der Waals surface area contributed by atoms with Crippen molar-refractivity contribution in [1.29, 1.82) is 0 Å². The first-order chi connectivity index (χ1) is 15.2. The van der Waals surface area contributed by atoms with E-state index in [9.17, 15) is 4.79 Å². The van der Waals surface area contributed by atoms with Gasteiger partial charge in [0.05, 0.1) is 7.11 Å². The fourth-order valence-corrected chi connectivity index (χ4v) is 3.38. The molecule has 8 heteroatoms. The van der Waals surface area contributed by atoms with Gasteiger partial charge in [-0.3, -0.25) is 4.79 Å². The highest BCUT2D eigenvalue weighted by Crippen LogP contribution is 2.29. The van der Waals surface area contributed by atoms with Crippen molar-refractivity contribution < 1.29 is 14.3 Å². The van der Waals surface area contributed by atoms with Gasteiger partial charge in [-0.1, -0.05) is 24.3 Å². The van der Waals surface area contributed by atoms with Gasteiger partial charge in [-0.2, -0.15) is 0 Å². The number of rotatable bonds is 8. The number of ether oxygens (including phenoxy) is 2. The van der Waals surface area contributed by atoms with E-state index in [2.05, 4.69) is 15.3 Å². The van der Waals surface area contributed by atoms with Crippen molar-refractivity contribution in [2.75, 3.05) is 27.4 Å². The number of nitrogens with one attached hydrogen (secondary N) is 2. The number of fused-ring (bicyclic) bond motifs is 1. The number of halogens is 1. The van der Waals surface area contributed by atoms with E-state index >= 15 is 0 Å². The number of hydrogen-bond donors (Lipinski definition) is 2. The summed E-state index contributed by atoms with van der Waals surface area (Å²) >= 11 is 0. The molecule has 166 valence electrons. The van der Waals surface area contributed by atoms with E-state index < -0.39 is 0 Å². The zero-order chi connectivity index (χ0) is 21.6. The molecule has 2 heterocycles. The van der Waals surface area contributed by atoms with Crippen LogP contribution in [0.25, 0.3) is 33.7 Å². The molecule has 0 saturated carbocycles. The molecule has 0 radical (unpaired) electrons. The van der Waals surface area contributed by atoms with E-state index in [0.717, 1.165) is 34.4 Å². The van der Waals surface area contributed by atoms with Gasteiger partial charge >= 0.3 is 0 Å². The Labute approximate surface area is 192 Å². The Morgan fingerprint density at radius 3 is 2.62 bits per heavy atom. The van der Waals surface area contributed by atoms with Crippen LogP contribution in [0.15, 0.2) is 60.8 Å². The van der Waals surface area contributed by atoms with Crippen LogP contribution in [0.2, 0.25) is 0 Å². The third-order valence-corrected chi connectivity index (χ3v) is 4.99. The Morgan fingerprint density at radius 2 is 1.88 bits per heavy atom. The highest BCUT2D eigenvalue weighted by Gasteiger charge is 2.13. The molecule has 0 saturated heterocycles. The van der Waals surface area contributed by atoms with Crippen LogP contribution in [0.4, 0.5) is 0 Å². The average Bonchev–Trinajstić information content (AvgIpc) is 3.26. The summed E-state index contributed by atoms with van der Waals surface area (Å²) in [6, 6.07) is 17.2. The highest BCUT2D eigenvalue weighted by atomic mass is 35.5. The van der Waals surface area contributed by atoms with E-state index in [0.29, 0.717) is 30.2 Å². The van der Waals surface area contributed by atoms with Crippen molar-refractivity contribution in [1.82, 2.24) is 20.3 Å². The van der Waals surface area contributed by atoms with Crippen molar-refractivity contribution in [2.45, 2.75) is 6.42 Å². The quantitative estimate of drug-likeness (QED) is 0.384. The van der Waals surface area contributed by atoms with Crippen molar-refractivity contribution in [3.63, 3.8) is 0 Å². The third kappa shape index (κ3) is 5.07. The number of nitrogens with zero attached hydrogens (tertiary/aromatic N) is 2. The zero-order valence-corrected chi connectivity index (χ0v) is 18.7. The molecule has 32 heavy (non-hydrogen) atoms. The van der Waals surface area contributed by atoms with Crippen molar-refractivity contribution in [2.24, 2.45) is 0 Å². The normalized spacial score (nSPS) is 10.6. The summed E-state index contributed by atoms with van der Waals surface area (Å²) < 4.78 is 10.3. The van der Waals surface area contributed by atoms with Crippen LogP contribution in [-0.4, -0.2) is 48.2 Å². The van der Waals surface area contributed by atoms with E-state index in [4.69, 9.17) is 14.5 Å². The lowest BCUT2D eigenvalue weighted by atomic mass is 10.1. The Morgan fingerprint density at radius 1 is 1.06 bits per heavy atom. The van der Waals surface area contributed by atoms with Crippen molar-refractivity contribution >= 4 is 29.5 Å². The Balaban J connectivity index is 0.00000289. The maximum absolute atomic E-state index is 12.4. The summed E-state index contributed by atoms with van der Waals surface area (Å²) in [5, 5.41) is 2.91. The molecule has 4 aromatic rings. The first kappa shape index (κ1) is 23.2. The second-order valence-electron chi connectivity index (χ2n) is 7.05. The lowest BCUT2D eigenvalue weighted by Crippen LogP contribution is -2.25. The second kappa shape index (κ2) is 10.7. The minimum atomic E-state index is -0.119. The highest BCUT2D eigenvalue weighted by molar-refractivity contribution is 5.96. The molecule has 0 aliphatic rings. The largest absolute Gasteiger partial charge is 0.497 e. The van der Waals surface area contributed by atoms with Gasteiger partial charge < -0.3 is 19.8 Å². The molecule has 2 N–H and O–H groups in total. The first-order valence-electron chi connectivity index (χ1n) is 10.1. The van der Waals surface area contributed by atoms with E-state index in [1.54, 1.807) is 26.5 Å². The molecule has 0 atom stereocenters. The summed E-state index contributed by atoms with van der Waals surface area (Å²) in [7, 11) is 3.29. The second-order valence-corrected chi connectivity index (χ2v) is 7.05. The number of benzene rings is 2. The molecule has 0 fully saturated rings. The maximum Gasteiger partial charge on any atom is 0.251 e. The minimum Gasteiger partial charge on any atom is -0.497 e. The maximum atomic E-state index is 12.4. The Hall–Kier alpha value is -3.42. The summed E-state index contributed by atoms with van der Waals surface area (Å²) in [6.07, 6.45) is 2.53. The number of H-pyrrole nitrogens is 1. The van der Waals surface area contributed by atoms with Crippen LogP contribution in [0.5, 0.6) is 5.75 Å². The fraction of sp³-hybridized carbons (Fsp3) is 0.208. The van der Waals surface area contributed by atoms with Gasteiger partial charge in [0.25, 0.3) is 5.91 Å². The molecule has 0 unspecified atom stereocenters. The topological polar surface area (TPSA) is 89.1 Å². The van der Waals surface area contributed by atoms with Crippen LogP contribution >= 0.6 is 12.4 Å². The number of methoxy groups -OCH3 is 2. The van der Waals surface area contributed by atoms with E-state index in [-0.39, 0.29) is 18.3 Å². The van der Waals surface area contributed by atoms with Crippen LogP contribution in [0.1, 0.15) is 16.8 Å². The Bertz CT molecular complexity index is 1190. The zero-order valence-electron chi connectivity index (χ0n) is 17.9. The average molecular weight is 453 g/mol. The molecule has 1 amide bonds. The molecular formula is C24H25ClN4O3. The van der Waals surface area contributed by atoms with Crippen LogP contribution in [0, 0.1) is 0 Å². The third-order valence-electron chi connectivity index (χ3n) is 4.99. The van der Waals surface area contributed by atoms with Crippen LogP contribution < -0.4 is 10.1 Å². The summed E-state index contributed by atoms with van der Waals surface area (Å²) in [4.78, 5) is 24.9. The first-order valence-corrected chi connectivity index (χ1v) is 10.1. The molecule has 7 nitrogen and oxygen atoms in total. The lowest BCUT2D eigenvalue weighted by molar-refractivity contribution is 0.0948. The number of aromatic amines is 1. The van der Waals surface area contributed by atoms with Crippen LogP contribution in [0.3, 0.4) is 0 Å². The molecule has 2 aromatic carbocycles. The standard InChI is InChI=1S/C24H24N4O3.ClH/c1-30-14-4-12-26-24(29)18-6-3-5-17(15-18)22-27-21-20(11-13-25-23(21)28-22)16-7-9-19(31-2)10-8-16;/h3,5-11,13,15H,4,12,14H2,1-2H3,(H,26,29)(H,25,27,28);1H. The predicted octanol–water partition coefficient (Wildman–Crippen LogP) is 4.49. The van der Waals surface area contributed by atoms with Gasteiger partial charge in [0.1, 0.15) is 17.1 Å². The number of hydrogen-bond acceptors (Lipinski definition) is 5. The smallest absolute Gasteiger partial charge is 0.251 e. The molecular weight excluding hydrogens is 428 g/mol. The summed E-state index contributed by atoms with van der Waals surface area (Å²) in [5.74, 6) is 1.35. The van der Waals surface area contributed by atoms with E-state index in [1.807, 2.05) is 48.5 Å². The van der Waals surface area contributed by atoms with Crippen LogP contribution in [-0.2, 0) is 4.74 Å². The van der Waals surface area contributed by atoms with Gasteiger partial charge in [0.2, 0.25) is 0 Å². The summed E-state index contributed by atoms with van der Waals surface area (Å²) in [5.41, 5.74) is 4.87. The molecule has 0 bridgehead atoms. The van der Waals surface area contributed by atoms with Crippen molar-refractivity contribution in [3.8, 4) is 28.3 Å². The van der Waals surface area contributed by atoms with Crippen molar-refractivity contribution in [3.05, 3.63) is 66.4 Å².